The molecule has 1 saturated carbocycles. The van der Waals surface area contributed by atoms with Gasteiger partial charge >= 0.3 is 0 Å². The maximum absolute atomic E-state index is 11.8. The standard InChI is InChI=1S/C14H16ClNO3/c1-14(2)8-11(17)7-12(13(14)16(18)19)9-3-5-10(15)6-4-9/h3-6,12-13H,7-8H2,1-2H3/t12-,13-/m1/s1. The molecule has 1 aromatic carbocycles. The Bertz CT molecular complexity index is 510. The van der Waals surface area contributed by atoms with E-state index in [1.165, 1.54) is 0 Å². The second kappa shape index (κ2) is 4.93. The van der Waals surface area contributed by atoms with Crippen LogP contribution in [0.4, 0.5) is 0 Å². The minimum Gasteiger partial charge on any atom is -0.300 e. The molecule has 5 heteroatoms. The average Bonchev–Trinajstić information content (AvgIpc) is 2.26. The molecule has 0 aromatic heterocycles. The zero-order valence-electron chi connectivity index (χ0n) is 10.9. The van der Waals surface area contributed by atoms with Crippen LogP contribution in [0.15, 0.2) is 24.3 Å². The van der Waals surface area contributed by atoms with Crippen molar-refractivity contribution in [3.8, 4) is 0 Å². The largest absolute Gasteiger partial charge is 0.300 e. The van der Waals surface area contributed by atoms with Gasteiger partial charge in [0.25, 0.3) is 0 Å². The van der Waals surface area contributed by atoms with Gasteiger partial charge in [0, 0.05) is 28.2 Å². The lowest BCUT2D eigenvalue weighted by Crippen LogP contribution is -2.47. The van der Waals surface area contributed by atoms with Gasteiger partial charge in [-0.1, -0.05) is 37.6 Å². The molecule has 0 heterocycles. The van der Waals surface area contributed by atoms with Crippen LogP contribution >= 0.6 is 11.6 Å². The van der Waals surface area contributed by atoms with Crippen LogP contribution in [-0.4, -0.2) is 16.7 Å². The predicted octanol–water partition coefficient (Wildman–Crippen LogP) is 3.46. The van der Waals surface area contributed by atoms with Crippen molar-refractivity contribution in [2.75, 3.05) is 0 Å². The third kappa shape index (κ3) is 2.78. The molecule has 0 saturated heterocycles. The summed E-state index contributed by atoms with van der Waals surface area (Å²) in [4.78, 5) is 23.0. The van der Waals surface area contributed by atoms with Crippen molar-refractivity contribution in [1.82, 2.24) is 0 Å². The van der Waals surface area contributed by atoms with E-state index in [1.54, 1.807) is 38.1 Å². The quantitative estimate of drug-likeness (QED) is 0.616. The highest BCUT2D eigenvalue weighted by Gasteiger charge is 2.50. The summed E-state index contributed by atoms with van der Waals surface area (Å²) in [5.41, 5.74) is 0.190. The Labute approximate surface area is 116 Å². The SMILES string of the molecule is CC1(C)CC(=O)C[C@H](c2ccc(Cl)cc2)[C@H]1[N+](=O)[O-]. The fraction of sp³-hybridized carbons (Fsp3) is 0.500. The van der Waals surface area contributed by atoms with E-state index in [1.807, 2.05) is 0 Å². The first kappa shape index (κ1) is 14.0. The molecular weight excluding hydrogens is 266 g/mol. The number of nitro groups is 1. The van der Waals surface area contributed by atoms with E-state index in [0.29, 0.717) is 5.02 Å². The molecule has 102 valence electrons. The first-order valence-corrected chi connectivity index (χ1v) is 6.60. The normalized spacial score (nSPS) is 26.2. The summed E-state index contributed by atoms with van der Waals surface area (Å²) in [7, 11) is 0. The highest BCUT2D eigenvalue weighted by molar-refractivity contribution is 6.30. The van der Waals surface area contributed by atoms with Gasteiger partial charge in [-0.3, -0.25) is 14.9 Å². The van der Waals surface area contributed by atoms with Gasteiger partial charge in [0.15, 0.2) is 0 Å². The van der Waals surface area contributed by atoms with Crippen molar-refractivity contribution in [1.29, 1.82) is 0 Å². The zero-order chi connectivity index (χ0) is 14.2. The summed E-state index contributed by atoms with van der Waals surface area (Å²) in [6, 6.07) is 6.22. The van der Waals surface area contributed by atoms with E-state index in [9.17, 15) is 14.9 Å². The van der Waals surface area contributed by atoms with Crippen LogP contribution in [0.25, 0.3) is 0 Å². The van der Waals surface area contributed by atoms with Crippen LogP contribution in [0.2, 0.25) is 5.02 Å². The molecule has 0 spiro atoms. The third-order valence-electron chi connectivity index (χ3n) is 3.81. The summed E-state index contributed by atoms with van der Waals surface area (Å²) in [6.07, 6.45) is 0.499. The number of halogens is 1. The van der Waals surface area contributed by atoms with Crippen LogP contribution in [-0.2, 0) is 4.79 Å². The second-order valence-electron chi connectivity index (χ2n) is 5.80. The molecule has 0 unspecified atom stereocenters. The Kier molecular flexibility index (Phi) is 3.63. The molecule has 1 aliphatic carbocycles. The van der Waals surface area contributed by atoms with E-state index in [2.05, 4.69) is 0 Å². The Hall–Kier alpha value is -1.42. The van der Waals surface area contributed by atoms with Crippen molar-refractivity contribution in [2.24, 2.45) is 5.41 Å². The second-order valence-corrected chi connectivity index (χ2v) is 6.23. The molecule has 1 fully saturated rings. The lowest BCUT2D eigenvalue weighted by Gasteiger charge is -2.37. The average molecular weight is 282 g/mol. The van der Waals surface area contributed by atoms with Gasteiger partial charge in [-0.2, -0.15) is 0 Å². The van der Waals surface area contributed by atoms with Crippen molar-refractivity contribution in [2.45, 2.75) is 38.6 Å². The molecule has 0 N–H and O–H groups in total. The fourth-order valence-corrected chi connectivity index (χ4v) is 3.15. The van der Waals surface area contributed by atoms with Gasteiger partial charge in [0.2, 0.25) is 6.04 Å². The van der Waals surface area contributed by atoms with E-state index >= 15 is 0 Å². The summed E-state index contributed by atoms with van der Waals surface area (Å²) in [5, 5.41) is 12.0. The third-order valence-corrected chi connectivity index (χ3v) is 4.06. The maximum Gasteiger partial charge on any atom is 0.225 e. The van der Waals surface area contributed by atoms with Crippen LogP contribution in [0.5, 0.6) is 0 Å². The molecule has 0 aliphatic heterocycles. The molecule has 2 atom stereocenters. The number of carbonyl (C=O) groups excluding carboxylic acids is 1. The summed E-state index contributed by atoms with van der Waals surface area (Å²) in [5.74, 6) is -0.286. The highest BCUT2D eigenvalue weighted by Crippen LogP contribution is 2.43. The first-order valence-electron chi connectivity index (χ1n) is 6.22. The maximum atomic E-state index is 11.8. The Morgan fingerprint density at radius 1 is 1.32 bits per heavy atom. The molecule has 2 rings (SSSR count). The Morgan fingerprint density at radius 2 is 1.89 bits per heavy atom. The van der Waals surface area contributed by atoms with E-state index in [4.69, 9.17) is 11.6 Å². The van der Waals surface area contributed by atoms with Gasteiger partial charge < -0.3 is 0 Å². The number of hydrogen-bond acceptors (Lipinski definition) is 3. The molecular formula is C14H16ClNO3. The molecule has 4 nitrogen and oxygen atoms in total. The number of carbonyl (C=O) groups is 1. The molecule has 1 aliphatic rings. The van der Waals surface area contributed by atoms with Gasteiger partial charge in [0.1, 0.15) is 5.78 Å². The van der Waals surface area contributed by atoms with Crippen LogP contribution < -0.4 is 0 Å². The molecule has 1 aromatic rings. The van der Waals surface area contributed by atoms with Crippen molar-refractivity contribution >= 4 is 17.4 Å². The lowest BCUT2D eigenvalue weighted by atomic mass is 9.66. The van der Waals surface area contributed by atoms with E-state index in [0.717, 1.165) is 5.56 Å². The minimum atomic E-state index is -0.744. The van der Waals surface area contributed by atoms with Gasteiger partial charge in [-0.05, 0) is 17.7 Å². The van der Waals surface area contributed by atoms with Crippen molar-refractivity contribution < 1.29 is 9.72 Å². The molecule has 19 heavy (non-hydrogen) atoms. The van der Waals surface area contributed by atoms with Crippen LogP contribution in [0.1, 0.15) is 38.2 Å². The number of hydrogen-bond donors (Lipinski definition) is 0. The summed E-state index contributed by atoms with van der Waals surface area (Å²) in [6.45, 7) is 3.58. The van der Waals surface area contributed by atoms with Crippen LogP contribution in [0.3, 0.4) is 0 Å². The highest BCUT2D eigenvalue weighted by atomic mass is 35.5. The van der Waals surface area contributed by atoms with Crippen molar-refractivity contribution in [3.05, 3.63) is 45.0 Å². The topological polar surface area (TPSA) is 60.2 Å². The van der Waals surface area contributed by atoms with Gasteiger partial charge in [0.05, 0.1) is 5.92 Å². The Balaban J connectivity index is 2.42. The van der Waals surface area contributed by atoms with Crippen molar-refractivity contribution in [3.63, 3.8) is 0 Å². The fourth-order valence-electron chi connectivity index (χ4n) is 3.03. The monoisotopic (exact) mass is 281 g/mol. The number of Topliss-reactive ketones (excluding diaryl/α,β-unsaturated/α-hetero) is 1. The number of benzene rings is 1. The number of rotatable bonds is 2. The predicted molar refractivity (Wildman–Crippen MR) is 73.0 cm³/mol. The Morgan fingerprint density at radius 3 is 2.42 bits per heavy atom. The molecule has 0 amide bonds. The summed E-state index contributed by atoms with van der Waals surface area (Å²) >= 11 is 5.83. The number of nitrogens with zero attached hydrogens (tertiary/aromatic N) is 1. The zero-order valence-corrected chi connectivity index (χ0v) is 11.7. The first-order chi connectivity index (χ1) is 8.81. The smallest absolute Gasteiger partial charge is 0.225 e. The van der Waals surface area contributed by atoms with Crippen LogP contribution in [0, 0.1) is 15.5 Å². The van der Waals surface area contributed by atoms with E-state index < -0.39 is 11.5 Å². The number of ketones is 1. The molecule has 0 radical (unpaired) electrons. The summed E-state index contributed by atoms with van der Waals surface area (Å²) < 4.78 is 0. The van der Waals surface area contributed by atoms with Gasteiger partial charge in [-0.25, -0.2) is 0 Å². The minimum absolute atomic E-state index is 0.0862. The van der Waals surface area contributed by atoms with Gasteiger partial charge in [-0.15, -0.1) is 0 Å². The molecule has 0 bridgehead atoms. The lowest BCUT2D eigenvalue weighted by molar-refractivity contribution is -0.546. The van der Waals surface area contributed by atoms with E-state index in [-0.39, 0.29) is 29.5 Å².